The van der Waals surface area contributed by atoms with Crippen molar-refractivity contribution in [3.05, 3.63) is 6.57 Å². The summed E-state index contributed by atoms with van der Waals surface area (Å²) in [6.45, 7) is 4.75. The molecule has 0 unspecified atom stereocenters. The molecule has 10 heavy (non-hydrogen) atoms. The predicted octanol–water partition coefficient (Wildman–Crippen LogP) is -3.44. The summed E-state index contributed by atoms with van der Waals surface area (Å²) in [6.07, 6.45) is 0. The first kappa shape index (κ1) is 29.3. The molecule has 0 atom stereocenters. The zero-order chi connectivity index (χ0) is 6.50. The summed E-state index contributed by atoms with van der Waals surface area (Å²) in [5.74, 6) is 0. The van der Waals surface area contributed by atoms with Gasteiger partial charge in [-0.15, -0.1) is 0 Å². The van der Waals surface area contributed by atoms with Gasteiger partial charge in [0.1, 0.15) is 0 Å². The van der Waals surface area contributed by atoms with E-state index in [1.54, 1.807) is 0 Å². The number of nitrogens with zero attached hydrogens (tertiary/aromatic N) is 1. The van der Waals surface area contributed by atoms with Crippen LogP contribution in [0.1, 0.15) is 1.43 Å². The Kier molecular flexibility index (Phi) is 52.2. The second-order valence-electron chi connectivity index (χ2n) is 0.448. The van der Waals surface area contributed by atoms with Gasteiger partial charge in [-0.05, 0) is 0 Å². The minimum atomic E-state index is -4.67. The van der Waals surface area contributed by atoms with Gasteiger partial charge in [0.05, 0.1) is 0 Å². The SMILES string of the molecule is O=S(=O)(O)O.[C-]#N.[Ce].[Fe].[H-].[K+]. The van der Waals surface area contributed by atoms with Gasteiger partial charge in [0, 0.05) is 58.8 Å². The summed E-state index contributed by atoms with van der Waals surface area (Å²) in [5.41, 5.74) is 0. The van der Waals surface area contributed by atoms with Crippen LogP contribution in [0.25, 0.3) is 0 Å². The Morgan fingerprint density at radius 3 is 1.30 bits per heavy atom. The summed E-state index contributed by atoms with van der Waals surface area (Å²) < 4.78 is 31.6. The Hall–Kier alpha value is 2.89. The van der Waals surface area contributed by atoms with Crippen molar-refractivity contribution in [3.63, 3.8) is 0 Å². The third-order valence-electron chi connectivity index (χ3n) is 0. The summed E-state index contributed by atoms with van der Waals surface area (Å²) in [5, 5.41) is 6.25. The zero-order valence-corrected chi connectivity index (χ0v) is 13.1. The second-order valence-corrected chi connectivity index (χ2v) is 1.34. The van der Waals surface area contributed by atoms with E-state index in [2.05, 4.69) is 0 Å². The molecule has 0 aliphatic carbocycles. The first-order valence-corrected chi connectivity index (χ1v) is 2.32. The minimum absolute atomic E-state index is 0. The molecule has 5 nitrogen and oxygen atoms in total. The van der Waals surface area contributed by atoms with Crippen molar-refractivity contribution in [2.75, 3.05) is 0 Å². The molecule has 9 heteroatoms. The molecule has 56 valence electrons. The van der Waals surface area contributed by atoms with E-state index in [4.69, 9.17) is 29.4 Å². The van der Waals surface area contributed by atoms with E-state index in [0.717, 1.165) is 0 Å². The number of rotatable bonds is 0. The molecule has 0 aromatic carbocycles. The maximum atomic E-state index is 8.74. The smallest absolute Gasteiger partial charge is 1.00 e. The fourth-order valence-corrected chi connectivity index (χ4v) is 0. The molecule has 0 fully saturated rings. The van der Waals surface area contributed by atoms with Crippen LogP contribution in [0, 0.1) is 53.6 Å². The maximum Gasteiger partial charge on any atom is 1.00 e. The molecular weight excluding hydrogens is 357 g/mol. The molecule has 0 rings (SSSR count). The Bertz CT molecular complexity index is 141. The standard InChI is InChI=1S/CN.Ce.Fe.K.H2O4S.H/c1-2;;;;1-5(2,3)4;/h;;;;(H2,1,2,3,4);/q-1;;;+1;;-1. The van der Waals surface area contributed by atoms with Crippen molar-refractivity contribution in [2.24, 2.45) is 0 Å². The summed E-state index contributed by atoms with van der Waals surface area (Å²) in [7, 11) is -4.67. The van der Waals surface area contributed by atoms with E-state index < -0.39 is 10.4 Å². The van der Waals surface area contributed by atoms with Gasteiger partial charge in [0.25, 0.3) is 0 Å². The fourth-order valence-electron chi connectivity index (χ4n) is 0. The van der Waals surface area contributed by atoms with Gasteiger partial charge in [-0.3, -0.25) is 9.11 Å². The molecule has 0 heterocycles. The van der Waals surface area contributed by atoms with Gasteiger partial charge >= 0.3 is 61.8 Å². The van der Waals surface area contributed by atoms with Crippen molar-refractivity contribution in [2.45, 2.75) is 0 Å². The molecule has 0 saturated heterocycles. The van der Waals surface area contributed by atoms with Crippen LogP contribution in [0.5, 0.6) is 0 Å². The van der Waals surface area contributed by atoms with Crippen LogP contribution in [-0.2, 0) is 27.5 Å². The quantitative estimate of drug-likeness (QED) is 0.266. The van der Waals surface area contributed by atoms with Crippen molar-refractivity contribution < 1.29 is 129 Å². The molecule has 2 N–H and O–H groups in total. The van der Waals surface area contributed by atoms with Crippen molar-refractivity contribution in [1.29, 1.82) is 5.26 Å². The van der Waals surface area contributed by atoms with Gasteiger partial charge in [0.2, 0.25) is 0 Å². The summed E-state index contributed by atoms with van der Waals surface area (Å²) in [6, 6.07) is 0. The number of hydrogen-bond acceptors (Lipinski definition) is 3. The number of hydrogen-bond donors (Lipinski definition) is 2. The van der Waals surface area contributed by atoms with Crippen LogP contribution in [-0.4, -0.2) is 17.5 Å². The van der Waals surface area contributed by atoms with E-state index in [-0.39, 0.29) is 112 Å². The Balaban J connectivity index is -0.00000000972. The molecule has 0 bridgehead atoms. The van der Waals surface area contributed by atoms with E-state index in [1.165, 1.54) is 0 Å². The van der Waals surface area contributed by atoms with Crippen LogP contribution in [0.4, 0.5) is 0 Å². The average Bonchev–Trinajstić information content (AvgIpc) is 1.36. The Morgan fingerprint density at radius 2 is 1.30 bits per heavy atom. The van der Waals surface area contributed by atoms with Crippen LogP contribution >= 0.6 is 0 Å². The van der Waals surface area contributed by atoms with Crippen molar-refractivity contribution in [1.82, 2.24) is 0 Å². The summed E-state index contributed by atoms with van der Waals surface area (Å²) in [4.78, 5) is 0. The van der Waals surface area contributed by atoms with Gasteiger partial charge < -0.3 is 13.3 Å². The molecule has 0 aromatic rings. The third-order valence-corrected chi connectivity index (χ3v) is 0. The molecule has 0 aliphatic heterocycles. The first-order chi connectivity index (χ1) is 3.00. The van der Waals surface area contributed by atoms with E-state index in [9.17, 15) is 0 Å². The van der Waals surface area contributed by atoms with Crippen LogP contribution < -0.4 is 51.4 Å². The molecule has 0 aliphatic rings. The molecule has 0 aromatic heterocycles. The van der Waals surface area contributed by atoms with Gasteiger partial charge in [0.15, 0.2) is 0 Å². The summed E-state index contributed by atoms with van der Waals surface area (Å²) >= 11 is 0. The topological polar surface area (TPSA) is 98.4 Å². The fraction of sp³-hybridized carbons (Fsp3) is 0. The van der Waals surface area contributed by atoms with Crippen LogP contribution in [0.15, 0.2) is 0 Å². The van der Waals surface area contributed by atoms with Gasteiger partial charge in [-0.25, -0.2) is 0 Å². The first-order valence-electron chi connectivity index (χ1n) is 0.922. The molecule has 0 saturated carbocycles. The van der Waals surface area contributed by atoms with Gasteiger partial charge in [-0.1, -0.05) is 0 Å². The molecule has 0 spiro atoms. The maximum absolute atomic E-state index is 8.74. The van der Waals surface area contributed by atoms with E-state index in [1.807, 2.05) is 0 Å². The second kappa shape index (κ2) is 17.8. The van der Waals surface area contributed by atoms with Crippen molar-refractivity contribution in [3.8, 4) is 0 Å². The van der Waals surface area contributed by atoms with Crippen LogP contribution in [0.3, 0.4) is 0 Å². The Morgan fingerprint density at radius 1 is 1.30 bits per heavy atom. The van der Waals surface area contributed by atoms with Crippen LogP contribution in [0.2, 0.25) is 0 Å². The third kappa shape index (κ3) is 127. The van der Waals surface area contributed by atoms with Gasteiger partial charge in [-0.2, -0.15) is 8.42 Å². The minimum Gasteiger partial charge on any atom is -1.00 e. The van der Waals surface area contributed by atoms with E-state index in [0.29, 0.717) is 0 Å². The molecule has 0 radical (unpaired) electrons. The molecule has 0 amide bonds. The van der Waals surface area contributed by atoms with E-state index >= 15 is 0 Å². The van der Waals surface area contributed by atoms with Crippen molar-refractivity contribution >= 4 is 10.4 Å². The Labute approximate surface area is 148 Å². The predicted molar refractivity (Wildman–Crippen MR) is 20.3 cm³/mol. The molecular formula is CH3CeFeKNO4S-. The monoisotopic (exact) mass is 360 g/mol. The largest absolute Gasteiger partial charge is 1.00 e. The average molecular weight is 360 g/mol. The normalized spacial score (nSPS) is 6.00. The zero-order valence-electron chi connectivity index (χ0n) is 5.92.